The number of nitrogens with two attached hydrogens (primary N) is 1. The van der Waals surface area contributed by atoms with Gasteiger partial charge < -0.3 is 21.3 Å². The van der Waals surface area contributed by atoms with Gasteiger partial charge in [0.1, 0.15) is 0 Å². The number of rotatable bonds is 7. The predicted octanol–water partition coefficient (Wildman–Crippen LogP) is -1.08. The fourth-order valence-corrected chi connectivity index (χ4v) is 0.881. The van der Waals surface area contributed by atoms with Crippen molar-refractivity contribution < 1.29 is 19.8 Å². The number of hydrogen-bond acceptors (Lipinski definition) is 4. The monoisotopic (exact) mass is 218 g/mol. The number of carboxylic acid groups (broad SMARTS) is 1. The van der Waals surface area contributed by atoms with E-state index in [1.54, 1.807) is 6.92 Å². The molecule has 0 saturated heterocycles. The second-order valence-electron chi connectivity index (χ2n) is 3.57. The second kappa shape index (κ2) is 7.19. The maximum atomic E-state index is 11.3. The SMILES string of the molecule is CC(CO)CNC(=O)C(N)CCC(=O)O. The minimum atomic E-state index is -0.970. The van der Waals surface area contributed by atoms with Crippen LogP contribution >= 0.6 is 0 Å². The van der Waals surface area contributed by atoms with Crippen molar-refractivity contribution in [3.05, 3.63) is 0 Å². The Hall–Kier alpha value is -1.14. The third kappa shape index (κ3) is 6.87. The van der Waals surface area contributed by atoms with Gasteiger partial charge >= 0.3 is 5.97 Å². The standard InChI is InChI=1S/C9H18N2O4/c1-6(5-12)4-11-9(15)7(10)2-3-8(13)14/h6-7,12H,2-5,10H2,1H3,(H,11,15)(H,13,14). The van der Waals surface area contributed by atoms with Gasteiger partial charge in [-0.05, 0) is 12.3 Å². The van der Waals surface area contributed by atoms with E-state index in [2.05, 4.69) is 5.32 Å². The van der Waals surface area contributed by atoms with Crippen LogP contribution in [-0.2, 0) is 9.59 Å². The third-order valence-corrected chi connectivity index (χ3v) is 1.94. The molecule has 2 unspecified atom stereocenters. The molecular weight excluding hydrogens is 200 g/mol. The number of hydrogen-bond donors (Lipinski definition) is 4. The lowest BCUT2D eigenvalue weighted by atomic mass is 10.1. The average molecular weight is 218 g/mol. The molecule has 0 radical (unpaired) electrons. The molecule has 0 heterocycles. The first-order valence-corrected chi connectivity index (χ1v) is 4.83. The van der Waals surface area contributed by atoms with Crippen LogP contribution in [0.4, 0.5) is 0 Å². The smallest absolute Gasteiger partial charge is 0.303 e. The van der Waals surface area contributed by atoms with Gasteiger partial charge in [-0.15, -0.1) is 0 Å². The largest absolute Gasteiger partial charge is 0.481 e. The van der Waals surface area contributed by atoms with Gasteiger partial charge in [0.15, 0.2) is 0 Å². The zero-order chi connectivity index (χ0) is 11.8. The number of carboxylic acids is 1. The average Bonchev–Trinajstić information content (AvgIpc) is 2.21. The maximum Gasteiger partial charge on any atom is 0.303 e. The molecular formula is C9H18N2O4. The summed E-state index contributed by atoms with van der Waals surface area (Å²) in [7, 11) is 0. The van der Waals surface area contributed by atoms with Crippen LogP contribution in [0, 0.1) is 5.92 Å². The first-order valence-electron chi connectivity index (χ1n) is 4.83. The van der Waals surface area contributed by atoms with Crippen LogP contribution in [0.15, 0.2) is 0 Å². The molecule has 0 bridgehead atoms. The quantitative estimate of drug-likeness (QED) is 0.434. The molecule has 0 aliphatic heterocycles. The summed E-state index contributed by atoms with van der Waals surface area (Å²) in [4.78, 5) is 21.5. The van der Waals surface area contributed by atoms with Crippen LogP contribution in [0.2, 0.25) is 0 Å². The van der Waals surface area contributed by atoms with Gasteiger partial charge in [0.2, 0.25) is 5.91 Å². The Kier molecular flexibility index (Phi) is 6.64. The summed E-state index contributed by atoms with van der Waals surface area (Å²) < 4.78 is 0. The van der Waals surface area contributed by atoms with E-state index in [4.69, 9.17) is 15.9 Å². The Morgan fingerprint density at radius 1 is 1.47 bits per heavy atom. The Labute approximate surface area is 88.5 Å². The van der Waals surface area contributed by atoms with Crippen LogP contribution in [0.5, 0.6) is 0 Å². The molecule has 0 aliphatic rings. The highest BCUT2D eigenvalue weighted by molar-refractivity contribution is 5.82. The second-order valence-corrected chi connectivity index (χ2v) is 3.57. The van der Waals surface area contributed by atoms with Gasteiger partial charge in [-0.2, -0.15) is 0 Å². The Balaban J connectivity index is 3.74. The van der Waals surface area contributed by atoms with E-state index in [-0.39, 0.29) is 31.3 Å². The summed E-state index contributed by atoms with van der Waals surface area (Å²) in [6, 6.07) is -0.799. The van der Waals surface area contributed by atoms with E-state index >= 15 is 0 Å². The van der Waals surface area contributed by atoms with E-state index in [1.165, 1.54) is 0 Å². The van der Waals surface area contributed by atoms with Crippen molar-refractivity contribution >= 4 is 11.9 Å². The van der Waals surface area contributed by atoms with E-state index in [9.17, 15) is 9.59 Å². The highest BCUT2D eigenvalue weighted by Crippen LogP contribution is 1.96. The topological polar surface area (TPSA) is 113 Å². The number of carbonyl (C=O) groups excluding carboxylic acids is 1. The van der Waals surface area contributed by atoms with Crippen LogP contribution in [0.3, 0.4) is 0 Å². The predicted molar refractivity (Wildman–Crippen MR) is 54.1 cm³/mol. The molecule has 0 aromatic carbocycles. The van der Waals surface area contributed by atoms with E-state index < -0.39 is 12.0 Å². The fourth-order valence-electron chi connectivity index (χ4n) is 0.881. The summed E-state index contributed by atoms with van der Waals surface area (Å²) in [5.74, 6) is -1.38. The van der Waals surface area contributed by atoms with Crippen molar-refractivity contribution in [3.8, 4) is 0 Å². The van der Waals surface area contributed by atoms with Crippen LogP contribution in [0.25, 0.3) is 0 Å². The van der Waals surface area contributed by atoms with Crippen molar-refractivity contribution in [2.24, 2.45) is 11.7 Å². The van der Waals surface area contributed by atoms with Crippen molar-refractivity contribution in [1.82, 2.24) is 5.32 Å². The molecule has 0 saturated carbocycles. The Morgan fingerprint density at radius 3 is 2.53 bits per heavy atom. The molecule has 6 heteroatoms. The first kappa shape index (κ1) is 13.9. The highest BCUT2D eigenvalue weighted by Gasteiger charge is 2.14. The highest BCUT2D eigenvalue weighted by atomic mass is 16.4. The molecule has 0 aromatic heterocycles. The van der Waals surface area contributed by atoms with Gasteiger partial charge in [-0.25, -0.2) is 0 Å². The minimum Gasteiger partial charge on any atom is -0.481 e. The van der Waals surface area contributed by atoms with Crippen molar-refractivity contribution in [1.29, 1.82) is 0 Å². The molecule has 0 aromatic rings. The molecule has 0 rings (SSSR count). The summed E-state index contributed by atoms with van der Waals surface area (Å²) in [5.41, 5.74) is 5.46. The Bertz CT molecular complexity index is 220. The molecule has 0 aliphatic carbocycles. The maximum absolute atomic E-state index is 11.3. The van der Waals surface area contributed by atoms with E-state index in [0.717, 1.165) is 0 Å². The van der Waals surface area contributed by atoms with Gasteiger partial charge in [-0.1, -0.05) is 6.92 Å². The summed E-state index contributed by atoms with van der Waals surface area (Å²) >= 11 is 0. The number of aliphatic carboxylic acids is 1. The summed E-state index contributed by atoms with van der Waals surface area (Å²) in [6.45, 7) is 2.11. The van der Waals surface area contributed by atoms with Crippen LogP contribution in [-0.4, -0.2) is 41.3 Å². The zero-order valence-corrected chi connectivity index (χ0v) is 8.77. The number of nitrogens with one attached hydrogen (secondary N) is 1. The fraction of sp³-hybridized carbons (Fsp3) is 0.778. The normalized spacial score (nSPS) is 14.3. The summed E-state index contributed by atoms with van der Waals surface area (Å²) in [5, 5.41) is 19.6. The van der Waals surface area contributed by atoms with Gasteiger partial charge in [-0.3, -0.25) is 9.59 Å². The van der Waals surface area contributed by atoms with E-state index in [1.807, 2.05) is 0 Å². The Morgan fingerprint density at radius 2 is 2.07 bits per heavy atom. The molecule has 2 atom stereocenters. The molecule has 15 heavy (non-hydrogen) atoms. The lowest BCUT2D eigenvalue weighted by Crippen LogP contribution is -2.42. The van der Waals surface area contributed by atoms with Crippen molar-refractivity contribution in [2.75, 3.05) is 13.2 Å². The number of amides is 1. The van der Waals surface area contributed by atoms with Gasteiger partial charge in [0, 0.05) is 19.6 Å². The van der Waals surface area contributed by atoms with Crippen molar-refractivity contribution in [3.63, 3.8) is 0 Å². The van der Waals surface area contributed by atoms with E-state index in [0.29, 0.717) is 6.54 Å². The molecule has 5 N–H and O–H groups in total. The zero-order valence-electron chi connectivity index (χ0n) is 8.77. The summed E-state index contributed by atoms with van der Waals surface area (Å²) in [6.07, 6.45) is -0.00118. The molecule has 0 fully saturated rings. The lowest BCUT2D eigenvalue weighted by molar-refractivity contribution is -0.137. The number of carbonyl (C=O) groups is 2. The third-order valence-electron chi connectivity index (χ3n) is 1.94. The molecule has 0 spiro atoms. The van der Waals surface area contributed by atoms with Crippen molar-refractivity contribution in [2.45, 2.75) is 25.8 Å². The van der Waals surface area contributed by atoms with Gasteiger partial charge in [0.05, 0.1) is 6.04 Å². The molecule has 6 nitrogen and oxygen atoms in total. The molecule has 1 amide bonds. The lowest BCUT2D eigenvalue weighted by Gasteiger charge is -2.13. The molecule has 88 valence electrons. The first-order chi connectivity index (χ1) is 6.97. The van der Waals surface area contributed by atoms with Crippen LogP contribution in [0.1, 0.15) is 19.8 Å². The van der Waals surface area contributed by atoms with Gasteiger partial charge in [0.25, 0.3) is 0 Å². The minimum absolute atomic E-state index is 0.00928. The number of aliphatic hydroxyl groups excluding tert-OH is 1. The number of aliphatic hydroxyl groups is 1. The van der Waals surface area contributed by atoms with Crippen LogP contribution < -0.4 is 11.1 Å².